The van der Waals surface area contributed by atoms with Crippen molar-refractivity contribution in [2.45, 2.75) is 29.5 Å². The van der Waals surface area contributed by atoms with Crippen LogP contribution in [0.4, 0.5) is 0 Å². The summed E-state index contributed by atoms with van der Waals surface area (Å²) in [5, 5.41) is 0.514. The van der Waals surface area contributed by atoms with Crippen molar-refractivity contribution in [3.63, 3.8) is 0 Å². The molecule has 2 aromatic rings. The van der Waals surface area contributed by atoms with Crippen LogP contribution < -0.4 is 10.5 Å². The molecule has 0 amide bonds. The minimum atomic E-state index is 0.0731. The third kappa shape index (κ3) is 3.00. The molecule has 2 aromatic carbocycles. The molecule has 3 heteroatoms. The average molecular weight is 285 g/mol. The first kappa shape index (κ1) is 13.5. The summed E-state index contributed by atoms with van der Waals surface area (Å²) in [6, 6.07) is 16.8. The van der Waals surface area contributed by atoms with Crippen molar-refractivity contribution >= 4 is 11.8 Å². The zero-order valence-electron chi connectivity index (χ0n) is 11.6. The quantitative estimate of drug-likeness (QED) is 0.928. The van der Waals surface area contributed by atoms with Gasteiger partial charge in [-0.2, -0.15) is 0 Å². The first-order chi connectivity index (χ1) is 9.72. The van der Waals surface area contributed by atoms with Crippen LogP contribution in [0.3, 0.4) is 0 Å². The zero-order valence-corrected chi connectivity index (χ0v) is 12.4. The first-order valence-corrected chi connectivity index (χ1v) is 7.83. The molecular weight excluding hydrogens is 266 g/mol. The number of fused-ring (bicyclic) bond motifs is 1. The Bertz CT molecular complexity index is 555. The minimum Gasteiger partial charge on any atom is -0.492 e. The van der Waals surface area contributed by atoms with E-state index in [0.29, 0.717) is 5.25 Å². The molecule has 0 aromatic heterocycles. The maximum atomic E-state index is 5.89. The van der Waals surface area contributed by atoms with Crippen LogP contribution in [0.25, 0.3) is 0 Å². The molecule has 0 spiro atoms. The van der Waals surface area contributed by atoms with Gasteiger partial charge in [0, 0.05) is 16.2 Å². The van der Waals surface area contributed by atoms with Crippen molar-refractivity contribution in [2.24, 2.45) is 5.73 Å². The lowest BCUT2D eigenvalue weighted by Gasteiger charge is -2.12. The van der Waals surface area contributed by atoms with Crippen LogP contribution >= 0.6 is 11.8 Å². The molecule has 1 heterocycles. The van der Waals surface area contributed by atoms with E-state index in [1.54, 1.807) is 0 Å². The Kier molecular flexibility index (Phi) is 3.99. The second-order valence-electron chi connectivity index (χ2n) is 5.22. The molecule has 1 aliphatic heterocycles. The van der Waals surface area contributed by atoms with Crippen molar-refractivity contribution in [2.75, 3.05) is 6.61 Å². The molecule has 2 nitrogen and oxygen atoms in total. The van der Waals surface area contributed by atoms with Gasteiger partial charge in [-0.05, 0) is 42.7 Å². The molecule has 104 valence electrons. The first-order valence-electron chi connectivity index (χ1n) is 6.95. The summed E-state index contributed by atoms with van der Waals surface area (Å²) in [6.45, 7) is 2.74. The standard InChI is InChI=1S/C17H19NOS/c1-12(18)13-6-8-15(9-7-13)19-11-16-10-14-4-2-3-5-17(14)20-16/h2-9,12,16H,10-11,18H2,1H3/t12-,16?/m1/s1. The number of benzene rings is 2. The summed E-state index contributed by atoms with van der Waals surface area (Å²) in [4.78, 5) is 1.40. The molecule has 3 rings (SSSR count). The van der Waals surface area contributed by atoms with Gasteiger partial charge in [-0.1, -0.05) is 30.3 Å². The molecule has 1 unspecified atom stereocenters. The molecule has 0 bridgehead atoms. The van der Waals surface area contributed by atoms with E-state index in [-0.39, 0.29) is 6.04 Å². The van der Waals surface area contributed by atoms with Gasteiger partial charge in [0.05, 0.1) is 0 Å². The highest BCUT2D eigenvalue weighted by Gasteiger charge is 2.22. The van der Waals surface area contributed by atoms with E-state index in [9.17, 15) is 0 Å². The second-order valence-corrected chi connectivity index (χ2v) is 6.56. The van der Waals surface area contributed by atoms with E-state index >= 15 is 0 Å². The highest BCUT2D eigenvalue weighted by atomic mass is 32.2. The Morgan fingerprint density at radius 2 is 1.95 bits per heavy atom. The number of nitrogens with two attached hydrogens (primary N) is 1. The van der Waals surface area contributed by atoms with Crippen LogP contribution in [0.5, 0.6) is 5.75 Å². The highest BCUT2D eigenvalue weighted by molar-refractivity contribution is 8.00. The Morgan fingerprint density at radius 3 is 2.65 bits per heavy atom. The highest BCUT2D eigenvalue weighted by Crippen LogP contribution is 2.36. The number of rotatable bonds is 4. The largest absolute Gasteiger partial charge is 0.492 e. The van der Waals surface area contributed by atoms with Gasteiger partial charge in [0.25, 0.3) is 0 Å². The maximum absolute atomic E-state index is 5.89. The zero-order chi connectivity index (χ0) is 13.9. The van der Waals surface area contributed by atoms with E-state index in [0.717, 1.165) is 24.3 Å². The summed E-state index contributed by atoms with van der Waals surface area (Å²) in [6.07, 6.45) is 1.10. The fourth-order valence-electron chi connectivity index (χ4n) is 2.40. The van der Waals surface area contributed by atoms with Gasteiger partial charge in [-0.25, -0.2) is 0 Å². The molecule has 0 fully saturated rings. The Morgan fingerprint density at radius 1 is 1.20 bits per heavy atom. The van der Waals surface area contributed by atoms with Gasteiger partial charge in [-0.3, -0.25) is 0 Å². The van der Waals surface area contributed by atoms with Gasteiger partial charge >= 0.3 is 0 Å². The van der Waals surface area contributed by atoms with E-state index in [4.69, 9.17) is 10.5 Å². The molecular formula is C17H19NOS. The lowest BCUT2D eigenvalue weighted by atomic mass is 10.1. The van der Waals surface area contributed by atoms with Crippen LogP contribution in [0, 0.1) is 0 Å². The normalized spacial score (nSPS) is 18.6. The summed E-state index contributed by atoms with van der Waals surface area (Å²) >= 11 is 1.92. The lowest BCUT2D eigenvalue weighted by Crippen LogP contribution is -2.13. The van der Waals surface area contributed by atoms with Crippen LogP contribution in [0.15, 0.2) is 53.4 Å². The van der Waals surface area contributed by atoms with E-state index in [1.807, 2.05) is 43.0 Å². The summed E-state index contributed by atoms with van der Waals surface area (Å²) < 4.78 is 5.89. The van der Waals surface area contributed by atoms with Crippen molar-refractivity contribution in [1.82, 2.24) is 0 Å². The molecule has 2 N–H and O–H groups in total. The molecule has 20 heavy (non-hydrogen) atoms. The summed E-state index contributed by atoms with van der Waals surface area (Å²) in [5.74, 6) is 0.922. The van der Waals surface area contributed by atoms with Crippen molar-refractivity contribution in [1.29, 1.82) is 0 Å². The van der Waals surface area contributed by atoms with Gasteiger partial charge in [0.15, 0.2) is 0 Å². The molecule has 0 aliphatic carbocycles. The topological polar surface area (TPSA) is 35.2 Å². The average Bonchev–Trinajstić information content (AvgIpc) is 2.88. The number of ether oxygens (including phenoxy) is 1. The predicted octanol–water partition coefficient (Wildman–Crippen LogP) is 3.80. The molecule has 0 saturated heterocycles. The van der Waals surface area contributed by atoms with Gasteiger partial charge in [0.1, 0.15) is 12.4 Å². The summed E-state index contributed by atoms with van der Waals surface area (Å²) in [7, 11) is 0. The van der Waals surface area contributed by atoms with Gasteiger partial charge in [-0.15, -0.1) is 11.8 Å². The third-order valence-electron chi connectivity index (χ3n) is 3.56. The Labute approximate surface area is 124 Å². The van der Waals surface area contributed by atoms with E-state index < -0.39 is 0 Å². The van der Waals surface area contributed by atoms with Crippen molar-refractivity contribution < 1.29 is 4.74 Å². The number of thioether (sulfide) groups is 1. The molecule has 1 aliphatic rings. The fraction of sp³-hybridized carbons (Fsp3) is 0.294. The Balaban J connectivity index is 1.56. The van der Waals surface area contributed by atoms with E-state index in [1.165, 1.54) is 10.5 Å². The van der Waals surface area contributed by atoms with Crippen molar-refractivity contribution in [3.8, 4) is 5.75 Å². The molecule has 0 saturated carbocycles. The fourth-order valence-corrected chi connectivity index (χ4v) is 3.62. The second kappa shape index (κ2) is 5.90. The van der Waals surface area contributed by atoms with Crippen LogP contribution in [0.1, 0.15) is 24.1 Å². The number of hydrogen-bond acceptors (Lipinski definition) is 3. The van der Waals surface area contributed by atoms with Crippen LogP contribution in [-0.4, -0.2) is 11.9 Å². The lowest BCUT2D eigenvalue weighted by molar-refractivity contribution is 0.317. The van der Waals surface area contributed by atoms with Gasteiger partial charge < -0.3 is 10.5 Å². The Hall–Kier alpha value is -1.45. The maximum Gasteiger partial charge on any atom is 0.119 e. The smallest absolute Gasteiger partial charge is 0.119 e. The predicted molar refractivity (Wildman–Crippen MR) is 84.3 cm³/mol. The van der Waals surface area contributed by atoms with Gasteiger partial charge in [0.2, 0.25) is 0 Å². The van der Waals surface area contributed by atoms with Crippen LogP contribution in [-0.2, 0) is 6.42 Å². The van der Waals surface area contributed by atoms with Crippen molar-refractivity contribution in [3.05, 3.63) is 59.7 Å². The number of hydrogen-bond donors (Lipinski definition) is 1. The SMILES string of the molecule is C[C@@H](N)c1ccc(OCC2Cc3ccccc3S2)cc1. The summed E-state index contributed by atoms with van der Waals surface area (Å²) in [5.41, 5.74) is 8.42. The van der Waals surface area contributed by atoms with Crippen LogP contribution in [0.2, 0.25) is 0 Å². The third-order valence-corrected chi connectivity index (χ3v) is 4.84. The minimum absolute atomic E-state index is 0.0731. The molecule has 2 atom stereocenters. The van der Waals surface area contributed by atoms with E-state index in [2.05, 4.69) is 24.3 Å². The molecule has 0 radical (unpaired) electrons. The monoisotopic (exact) mass is 285 g/mol.